The lowest BCUT2D eigenvalue weighted by Gasteiger charge is -2.22. The van der Waals surface area contributed by atoms with Crippen LogP contribution in [0.15, 0.2) is 85.1 Å². The molecule has 6 rings (SSSR count). The number of amides is 1. The highest BCUT2D eigenvalue weighted by molar-refractivity contribution is 5.87. The molecule has 0 spiro atoms. The fraction of sp³-hybridized carbons (Fsp3) is 0.179. The number of pyridine rings is 1. The molecule has 1 aliphatic heterocycles. The molecule has 5 aromatic rings. The molecular weight excluding hydrogens is 424 g/mol. The Morgan fingerprint density at radius 1 is 0.971 bits per heavy atom. The van der Waals surface area contributed by atoms with Crippen molar-refractivity contribution >= 4 is 28.0 Å². The van der Waals surface area contributed by atoms with Gasteiger partial charge in [-0.3, -0.25) is 9.88 Å². The number of fused-ring (bicyclic) bond motifs is 2. The van der Waals surface area contributed by atoms with Gasteiger partial charge in [0.15, 0.2) is 0 Å². The van der Waals surface area contributed by atoms with Crippen LogP contribution in [0, 0.1) is 0 Å². The van der Waals surface area contributed by atoms with Gasteiger partial charge in [-0.05, 0) is 48.2 Å². The SMILES string of the molecule is O=C(OCc1ccccc1)N1CCCC1c1nc2ccc(-c3cnc4ccccc4c3)cc2[nH]1. The van der Waals surface area contributed by atoms with Crippen LogP contribution in [0.5, 0.6) is 0 Å². The lowest BCUT2D eigenvalue weighted by Crippen LogP contribution is -2.31. The first-order chi connectivity index (χ1) is 16.7. The van der Waals surface area contributed by atoms with Crippen LogP contribution in [-0.2, 0) is 11.3 Å². The second kappa shape index (κ2) is 8.63. The van der Waals surface area contributed by atoms with Gasteiger partial charge in [0, 0.05) is 23.7 Å². The van der Waals surface area contributed by atoms with Crippen molar-refractivity contribution in [3.8, 4) is 11.1 Å². The summed E-state index contributed by atoms with van der Waals surface area (Å²) in [4.78, 5) is 27.5. The summed E-state index contributed by atoms with van der Waals surface area (Å²) in [6, 6.07) is 26.1. The molecule has 1 saturated heterocycles. The number of H-pyrrole nitrogens is 1. The van der Waals surface area contributed by atoms with Crippen molar-refractivity contribution in [3.05, 3.63) is 96.4 Å². The summed E-state index contributed by atoms with van der Waals surface area (Å²) in [7, 11) is 0. The van der Waals surface area contributed by atoms with Crippen molar-refractivity contribution in [1.82, 2.24) is 19.9 Å². The smallest absolute Gasteiger partial charge is 0.410 e. The normalized spacial score (nSPS) is 15.8. The van der Waals surface area contributed by atoms with Crippen molar-refractivity contribution < 1.29 is 9.53 Å². The minimum Gasteiger partial charge on any atom is -0.445 e. The first kappa shape index (κ1) is 20.4. The second-order valence-corrected chi connectivity index (χ2v) is 8.66. The Morgan fingerprint density at radius 2 is 1.82 bits per heavy atom. The van der Waals surface area contributed by atoms with E-state index in [0.717, 1.165) is 57.3 Å². The second-order valence-electron chi connectivity index (χ2n) is 8.66. The van der Waals surface area contributed by atoms with Gasteiger partial charge in [0.05, 0.1) is 22.6 Å². The Balaban J connectivity index is 1.24. The first-order valence-corrected chi connectivity index (χ1v) is 11.6. The third-order valence-corrected chi connectivity index (χ3v) is 6.43. The molecule has 0 radical (unpaired) electrons. The third kappa shape index (κ3) is 3.88. The average molecular weight is 449 g/mol. The lowest BCUT2D eigenvalue weighted by molar-refractivity contribution is 0.0910. The fourth-order valence-electron chi connectivity index (χ4n) is 4.67. The molecule has 1 atom stereocenters. The summed E-state index contributed by atoms with van der Waals surface area (Å²) < 4.78 is 5.59. The van der Waals surface area contributed by atoms with E-state index in [1.807, 2.05) is 60.8 Å². The maximum absolute atomic E-state index is 12.8. The predicted octanol–water partition coefficient (Wildman–Crippen LogP) is 6.25. The Bertz CT molecular complexity index is 1480. The number of imidazole rings is 1. The molecule has 1 aliphatic rings. The Morgan fingerprint density at radius 3 is 2.74 bits per heavy atom. The van der Waals surface area contributed by atoms with Gasteiger partial charge in [-0.25, -0.2) is 9.78 Å². The summed E-state index contributed by atoms with van der Waals surface area (Å²) in [5.74, 6) is 0.804. The number of likely N-dealkylation sites (tertiary alicyclic amines) is 1. The van der Waals surface area contributed by atoms with Gasteiger partial charge < -0.3 is 9.72 Å². The van der Waals surface area contributed by atoms with E-state index >= 15 is 0 Å². The van der Waals surface area contributed by atoms with Crippen molar-refractivity contribution in [2.75, 3.05) is 6.54 Å². The Hall–Kier alpha value is -4.19. The molecule has 1 unspecified atom stereocenters. The number of para-hydroxylation sites is 1. The summed E-state index contributed by atoms with van der Waals surface area (Å²) in [6.45, 7) is 0.940. The van der Waals surface area contributed by atoms with Gasteiger partial charge in [0.1, 0.15) is 12.4 Å². The predicted molar refractivity (Wildman–Crippen MR) is 132 cm³/mol. The fourth-order valence-corrected chi connectivity index (χ4v) is 4.67. The lowest BCUT2D eigenvalue weighted by atomic mass is 10.0. The van der Waals surface area contributed by atoms with Gasteiger partial charge in [-0.1, -0.05) is 54.6 Å². The largest absolute Gasteiger partial charge is 0.445 e. The van der Waals surface area contributed by atoms with Crippen molar-refractivity contribution in [3.63, 3.8) is 0 Å². The standard InChI is InChI=1S/C28H24N4O2/c33-28(34-18-19-7-2-1-3-8-19)32-14-6-11-26(32)27-30-24-13-12-20(16-25(24)31-27)22-15-21-9-4-5-10-23(21)29-17-22/h1-5,7-10,12-13,15-17,26H,6,11,14,18H2,(H,30,31). The number of aromatic amines is 1. The average Bonchev–Trinajstić information content (AvgIpc) is 3.54. The zero-order valence-electron chi connectivity index (χ0n) is 18.6. The Kier molecular flexibility index (Phi) is 5.18. The summed E-state index contributed by atoms with van der Waals surface area (Å²) in [5, 5.41) is 1.11. The van der Waals surface area contributed by atoms with Crippen LogP contribution in [0.1, 0.15) is 30.3 Å². The van der Waals surface area contributed by atoms with Gasteiger partial charge >= 0.3 is 6.09 Å². The van der Waals surface area contributed by atoms with Crippen molar-refractivity contribution in [2.24, 2.45) is 0 Å². The number of nitrogens with one attached hydrogen (secondary N) is 1. The quantitative estimate of drug-likeness (QED) is 0.353. The van der Waals surface area contributed by atoms with E-state index in [2.05, 4.69) is 34.2 Å². The molecule has 6 nitrogen and oxygen atoms in total. The first-order valence-electron chi connectivity index (χ1n) is 11.6. The number of benzene rings is 3. The van der Waals surface area contributed by atoms with E-state index in [0.29, 0.717) is 6.54 Å². The minimum absolute atomic E-state index is 0.110. The summed E-state index contributed by atoms with van der Waals surface area (Å²) in [5.41, 5.74) is 5.93. The zero-order chi connectivity index (χ0) is 22.9. The monoisotopic (exact) mass is 448 g/mol. The molecule has 1 amide bonds. The van der Waals surface area contributed by atoms with Crippen LogP contribution >= 0.6 is 0 Å². The summed E-state index contributed by atoms with van der Waals surface area (Å²) in [6.07, 6.45) is 3.40. The maximum atomic E-state index is 12.8. The zero-order valence-corrected chi connectivity index (χ0v) is 18.6. The topological polar surface area (TPSA) is 71.1 Å². The van der Waals surface area contributed by atoms with E-state index in [1.165, 1.54) is 0 Å². The minimum atomic E-state index is -0.297. The van der Waals surface area contributed by atoms with Crippen LogP contribution in [0.3, 0.4) is 0 Å². The molecule has 0 aliphatic carbocycles. The molecule has 3 aromatic carbocycles. The van der Waals surface area contributed by atoms with E-state index in [1.54, 1.807) is 4.90 Å². The highest BCUT2D eigenvalue weighted by Crippen LogP contribution is 2.33. The number of rotatable bonds is 4. The number of ether oxygens (including phenoxy) is 1. The molecule has 34 heavy (non-hydrogen) atoms. The number of hydrogen-bond donors (Lipinski definition) is 1. The van der Waals surface area contributed by atoms with Crippen LogP contribution < -0.4 is 0 Å². The van der Waals surface area contributed by atoms with Crippen LogP contribution in [0.25, 0.3) is 33.1 Å². The molecular formula is C28H24N4O2. The molecule has 0 bridgehead atoms. The maximum Gasteiger partial charge on any atom is 0.410 e. The van der Waals surface area contributed by atoms with Gasteiger partial charge in [-0.2, -0.15) is 0 Å². The van der Waals surface area contributed by atoms with Crippen molar-refractivity contribution in [1.29, 1.82) is 0 Å². The van der Waals surface area contributed by atoms with Gasteiger partial charge in [0.25, 0.3) is 0 Å². The van der Waals surface area contributed by atoms with Crippen LogP contribution in [-0.4, -0.2) is 32.5 Å². The number of carbonyl (C=O) groups excluding carboxylic acids is 1. The van der Waals surface area contributed by atoms with Crippen LogP contribution in [0.4, 0.5) is 4.79 Å². The molecule has 6 heteroatoms. The highest BCUT2D eigenvalue weighted by Gasteiger charge is 2.33. The van der Waals surface area contributed by atoms with E-state index in [-0.39, 0.29) is 18.7 Å². The molecule has 168 valence electrons. The molecule has 1 N–H and O–H groups in total. The Labute approximate surface area is 197 Å². The van der Waals surface area contributed by atoms with E-state index < -0.39 is 0 Å². The molecule has 2 aromatic heterocycles. The number of carbonyl (C=O) groups is 1. The number of aromatic nitrogens is 3. The van der Waals surface area contributed by atoms with Crippen LogP contribution in [0.2, 0.25) is 0 Å². The van der Waals surface area contributed by atoms with Gasteiger partial charge in [0.2, 0.25) is 0 Å². The number of hydrogen-bond acceptors (Lipinski definition) is 4. The van der Waals surface area contributed by atoms with E-state index in [4.69, 9.17) is 9.72 Å². The van der Waals surface area contributed by atoms with E-state index in [9.17, 15) is 4.79 Å². The van der Waals surface area contributed by atoms with Gasteiger partial charge in [-0.15, -0.1) is 0 Å². The third-order valence-electron chi connectivity index (χ3n) is 6.43. The number of nitrogens with zero attached hydrogens (tertiary/aromatic N) is 3. The summed E-state index contributed by atoms with van der Waals surface area (Å²) >= 11 is 0. The van der Waals surface area contributed by atoms with Crippen molar-refractivity contribution in [2.45, 2.75) is 25.5 Å². The molecule has 3 heterocycles. The molecule has 0 saturated carbocycles. The molecule has 1 fully saturated rings. The highest BCUT2D eigenvalue weighted by atomic mass is 16.6.